The molecule has 0 aliphatic carbocycles. The van der Waals surface area contributed by atoms with Crippen molar-refractivity contribution in [2.75, 3.05) is 38.5 Å². The third-order valence-corrected chi connectivity index (χ3v) is 6.20. The maximum atomic E-state index is 3.65. The first-order chi connectivity index (χ1) is 9.05. The molecule has 0 aromatic rings. The SMILES string of the molecule is CCCC1(CN2CCSC(C)(C)CC2)CCCNC1. The lowest BCUT2D eigenvalue weighted by atomic mass is 9.76. The van der Waals surface area contributed by atoms with Crippen LogP contribution in [0.15, 0.2) is 0 Å². The Balaban J connectivity index is 1.93. The number of hydrogen-bond donors (Lipinski definition) is 1. The van der Waals surface area contributed by atoms with E-state index in [0.717, 1.165) is 0 Å². The molecule has 0 aromatic heterocycles. The van der Waals surface area contributed by atoms with Crippen molar-refractivity contribution in [2.24, 2.45) is 5.41 Å². The summed E-state index contributed by atoms with van der Waals surface area (Å²) in [4.78, 5) is 2.75. The van der Waals surface area contributed by atoms with E-state index < -0.39 is 0 Å². The van der Waals surface area contributed by atoms with Crippen LogP contribution in [0.25, 0.3) is 0 Å². The molecule has 0 bridgehead atoms. The van der Waals surface area contributed by atoms with E-state index in [-0.39, 0.29) is 0 Å². The highest BCUT2D eigenvalue weighted by Gasteiger charge is 2.34. The summed E-state index contributed by atoms with van der Waals surface area (Å²) in [5.41, 5.74) is 0.562. The van der Waals surface area contributed by atoms with Gasteiger partial charge in [-0.2, -0.15) is 11.8 Å². The van der Waals surface area contributed by atoms with Gasteiger partial charge in [-0.05, 0) is 44.2 Å². The molecule has 19 heavy (non-hydrogen) atoms. The number of hydrogen-bond acceptors (Lipinski definition) is 3. The van der Waals surface area contributed by atoms with Gasteiger partial charge in [-0.1, -0.05) is 27.2 Å². The standard InChI is InChI=1S/C16H32N2S/c1-4-6-16(7-5-9-17-13-16)14-18-10-8-15(2,3)19-12-11-18/h17H,4-14H2,1-3H3. The van der Waals surface area contributed by atoms with E-state index in [9.17, 15) is 0 Å². The van der Waals surface area contributed by atoms with Crippen molar-refractivity contribution in [2.45, 2.75) is 57.6 Å². The molecule has 112 valence electrons. The van der Waals surface area contributed by atoms with E-state index in [2.05, 4.69) is 42.7 Å². The summed E-state index contributed by atoms with van der Waals surface area (Å²) < 4.78 is 0.484. The number of rotatable bonds is 4. The summed E-state index contributed by atoms with van der Waals surface area (Å²) in [5.74, 6) is 1.31. The van der Waals surface area contributed by atoms with Crippen LogP contribution in [-0.2, 0) is 0 Å². The Hall–Kier alpha value is 0.270. The van der Waals surface area contributed by atoms with E-state index in [1.807, 2.05) is 0 Å². The first kappa shape index (κ1) is 15.7. The van der Waals surface area contributed by atoms with Crippen molar-refractivity contribution in [3.8, 4) is 0 Å². The second-order valence-electron chi connectivity index (χ2n) is 7.16. The molecule has 0 saturated carbocycles. The van der Waals surface area contributed by atoms with Gasteiger partial charge in [0.2, 0.25) is 0 Å². The molecule has 3 heteroatoms. The highest BCUT2D eigenvalue weighted by molar-refractivity contribution is 8.00. The Labute approximate surface area is 124 Å². The molecule has 0 amide bonds. The summed E-state index contributed by atoms with van der Waals surface area (Å²) in [7, 11) is 0. The molecule has 0 aromatic carbocycles. The zero-order chi connectivity index (χ0) is 13.8. The fourth-order valence-electron chi connectivity index (χ4n) is 3.68. The Morgan fingerprint density at radius 2 is 2.05 bits per heavy atom. The highest BCUT2D eigenvalue weighted by atomic mass is 32.2. The van der Waals surface area contributed by atoms with Gasteiger partial charge in [-0.25, -0.2) is 0 Å². The van der Waals surface area contributed by atoms with Gasteiger partial charge >= 0.3 is 0 Å². The molecular formula is C16H32N2S. The summed E-state index contributed by atoms with van der Waals surface area (Å²) in [5, 5.41) is 3.65. The van der Waals surface area contributed by atoms with Crippen molar-refractivity contribution < 1.29 is 0 Å². The van der Waals surface area contributed by atoms with Crippen LogP contribution in [0.3, 0.4) is 0 Å². The van der Waals surface area contributed by atoms with Crippen LogP contribution in [0.4, 0.5) is 0 Å². The van der Waals surface area contributed by atoms with E-state index in [0.29, 0.717) is 10.2 Å². The highest BCUT2D eigenvalue weighted by Crippen LogP contribution is 2.35. The number of thioether (sulfide) groups is 1. The molecule has 1 N–H and O–H groups in total. The van der Waals surface area contributed by atoms with Gasteiger partial charge in [-0.15, -0.1) is 0 Å². The van der Waals surface area contributed by atoms with Crippen LogP contribution >= 0.6 is 11.8 Å². The van der Waals surface area contributed by atoms with E-state index in [4.69, 9.17) is 0 Å². The molecule has 2 rings (SSSR count). The number of nitrogens with zero attached hydrogens (tertiary/aromatic N) is 1. The second-order valence-corrected chi connectivity index (χ2v) is 8.97. The zero-order valence-electron chi connectivity index (χ0n) is 13.1. The van der Waals surface area contributed by atoms with Gasteiger partial charge in [0, 0.05) is 30.1 Å². The molecule has 0 radical (unpaired) electrons. The lowest BCUT2D eigenvalue weighted by Crippen LogP contribution is -2.48. The van der Waals surface area contributed by atoms with Crippen molar-refractivity contribution >= 4 is 11.8 Å². The minimum absolute atomic E-state index is 0.484. The lowest BCUT2D eigenvalue weighted by molar-refractivity contribution is 0.109. The average Bonchev–Trinajstić information content (AvgIpc) is 2.52. The van der Waals surface area contributed by atoms with Crippen molar-refractivity contribution in [1.82, 2.24) is 10.2 Å². The largest absolute Gasteiger partial charge is 0.316 e. The fourth-order valence-corrected chi connectivity index (χ4v) is 4.82. The van der Waals surface area contributed by atoms with Crippen molar-refractivity contribution in [3.63, 3.8) is 0 Å². The maximum absolute atomic E-state index is 3.65. The Kier molecular flexibility index (Phi) is 5.62. The van der Waals surface area contributed by atoms with E-state index in [1.54, 1.807) is 0 Å². The molecule has 0 spiro atoms. The van der Waals surface area contributed by atoms with Gasteiger partial charge in [0.1, 0.15) is 0 Å². The lowest BCUT2D eigenvalue weighted by Gasteiger charge is -2.41. The van der Waals surface area contributed by atoms with Crippen LogP contribution in [0, 0.1) is 5.41 Å². The fraction of sp³-hybridized carbons (Fsp3) is 1.00. The van der Waals surface area contributed by atoms with Gasteiger partial charge in [-0.3, -0.25) is 0 Å². The number of nitrogens with one attached hydrogen (secondary N) is 1. The maximum Gasteiger partial charge on any atom is 0.0116 e. The second kappa shape index (κ2) is 6.82. The van der Waals surface area contributed by atoms with Crippen LogP contribution in [0.5, 0.6) is 0 Å². The minimum Gasteiger partial charge on any atom is -0.316 e. The number of piperidine rings is 1. The molecular weight excluding hydrogens is 252 g/mol. The molecule has 2 aliphatic heterocycles. The smallest absolute Gasteiger partial charge is 0.0116 e. The first-order valence-corrected chi connectivity index (χ1v) is 9.11. The minimum atomic E-state index is 0.484. The van der Waals surface area contributed by atoms with Crippen LogP contribution in [0.2, 0.25) is 0 Å². The third kappa shape index (κ3) is 4.64. The molecule has 1 atom stereocenters. The summed E-state index contributed by atoms with van der Waals surface area (Å²) in [6, 6.07) is 0. The normalized spacial score (nSPS) is 33.0. The Bertz CT molecular complexity index is 266. The summed E-state index contributed by atoms with van der Waals surface area (Å²) >= 11 is 2.16. The predicted octanol–water partition coefficient (Wildman–Crippen LogP) is 3.37. The van der Waals surface area contributed by atoms with Crippen molar-refractivity contribution in [1.29, 1.82) is 0 Å². The molecule has 2 nitrogen and oxygen atoms in total. The predicted molar refractivity (Wildman–Crippen MR) is 87.0 cm³/mol. The zero-order valence-corrected chi connectivity index (χ0v) is 14.0. The van der Waals surface area contributed by atoms with Gasteiger partial charge in [0.05, 0.1) is 0 Å². The van der Waals surface area contributed by atoms with Gasteiger partial charge < -0.3 is 10.2 Å². The van der Waals surface area contributed by atoms with Gasteiger partial charge in [0.25, 0.3) is 0 Å². The quantitative estimate of drug-likeness (QED) is 0.852. The summed E-state index contributed by atoms with van der Waals surface area (Å²) in [6.07, 6.45) is 6.87. The molecule has 2 saturated heterocycles. The monoisotopic (exact) mass is 284 g/mol. The van der Waals surface area contributed by atoms with E-state index >= 15 is 0 Å². The van der Waals surface area contributed by atoms with Crippen LogP contribution in [0.1, 0.15) is 52.9 Å². The Morgan fingerprint density at radius 1 is 1.21 bits per heavy atom. The van der Waals surface area contributed by atoms with E-state index in [1.165, 1.54) is 70.6 Å². The third-order valence-electron chi connectivity index (χ3n) is 4.83. The van der Waals surface area contributed by atoms with Crippen molar-refractivity contribution in [3.05, 3.63) is 0 Å². The Morgan fingerprint density at radius 3 is 2.74 bits per heavy atom. The topological polar surface area (TPSA) is 15.3 Å². The molecule has 2 heterocycles. The van der Waals surface area contributed by atoms with Gasteiger partial charge in [0.15, 0.2) is 0 Å². The first-order valence-electron chi connectivity index (χ1n) is 8.12. The van der Waals surface area contributed by atoms with Crippen LogP contribution in [-0.4, -0.2) is 48.1 Å². The summed E-state index contributed by atoms with van der Waals surface area (Å²) in [6.45, 7) is 13.5. The molecule has 2 fully saturated rings. The average molecular weight is 285 g/mol. The molecule has 1 unspecified atom stereocenters. The molecule has 2 aliphatic rings. The van der Waals surface area contributed by atoms with Crippen LogP contribution < -0.4 is 5.32 Å².